The quantitative estimate of drug-likeness (QED) is 0.736. The minimum Gasteiger partial charge on any atom is -0.450 e. The molecule has 1 aromatic carbocycles. The van der Waals surface area contributed by atoms with E-state index in [0.717, 1.165) is 0 Å². The van der Waals surface area contributed by atoms with Crippen molar-refractivity contribution in [2.75, 3.05) is 0 Å². The van der Waals surface area contributed by atoms with E-state index in [1.165, 1.54) is 30.4 Å². The van der Waals surface area contributed by atoms with Gasteiger partial charge in [-0.3, -0.25) is 0 Å². The lowest BCUT2D eigenvalue weighted by molar-refractivity contribution is 0.314. The molecule has 0 fully saturated rings. The van der Waals surface area contributed by atoms with Gasteiger partial charge >= 0.3 is 0 Å². The van der Waals surface area contributed by atoms with Gasteiger partial charge in [-0.05, 0) is 24.3 Å². The van der Waals surface area contributed by atoms with Crippen molar-refractivity contribution in [1.82, 2.24) is 0 Å². The van der Waals surface area contributed by atoms with Crippen molar-refractivity contribution < 1.29 is 13.9 Å². The third-order valence-corrected chi connectivity index (χ3v) is 1.96. The summed E-state index contributed by atoms with van der Waals surface area (Å²) in [6.45, 7) is 7.16. The molecule has 0 unspecified atom stereocenters. The summed E-state index contributed by atoms with van der Waals surface area (Å²) in [6, 6.07) is 4.08. The Morgan fingerprint density at radius 3 is 2.20 bits per heavy atom. The van der Waals surface area contributed by atoms with E-state index in [-0.39, 0.29) is 5.82 Å². The molecule has 2 nitrogen and oxygen atoms in total. The first-order valence-electron chi connectivity index (χ1n) is 4.39. The molecule has 0 saturated heterocycles. The van der Waals surface area contributed by atoms with Gasteiger partial charge in [0.25, 0.3) is 0 Å². The summed E-state index contributed by atoms with van der Waals surface area (Å²) in [5, 5.41) is 0. The minimum absolute atomic E-state index is 0.343. The zero-order chi connectivity index (χ0) is 10.8. The molecule has 0 aromatic heterocycles. The molecule has 15 heavy (non-hydrogen) atoms. The first-order chi connectivity index (χ1) is 7.24. The monoisotopic (exact) mass is 204 g/mol. The predicted molar refractivity (Wildman–Crippen MR) is 55.1 cm³/mol. The summed E-state index contributed by atoms with van der Waals surface area (Å²) in [6.07, 6.45) is 3.01. The van der Waals surface area contributed by atoms with Crippen LogP contribution in [0.5, 0.6) is 11.5 Å². The fourth-order valence-electron chi connectivity index (χ4n) is 1.27. The van der Waals surface area contributed by atoms with Crippen LogP contribution >= 0.6 is 0 Å². The lowest BCUT2D eigenvalue weighted by atomic mass is 10.2. The molecule has 76 valence electrons. The smallest absolute Gasteiger partial charge is 0.173 e. The molecule has 0 N–H and O–H groups in total. The van der Waals surface area contributed by atoms with Gasteiger partial charge in [0.1, 0.15) is 5.82 Å². The van der Waals surface area contributed by atoms with Crippen LogP contribution in [0, 0.1) is 5.82 Å². The van der Waals surface area contributed by atoms with E-state index >= 15 is 0 Å². The van der Waals surface area contributed by atoms with Crippen LogP contribution in [-0.4, -0.2) is 0 Å². The lowest BCUT2D eigenvalue weighted by Crippen LogP contribution is -2.09. The van der Waals surface area contributed by atoms with E-state index in [9.17, 15) is 4.39 Å². The molecule has 1 aliphatic rings. The van der Waals surface area contributed by atoms with E-state index in [0.29, 0.717) is 23.0 Å². The standard InChI is InChI=1S/C12H9FO2/c1-3-9-10(4-2)15-12-7-8(13)5-6-11(12)14-9/h3-7H,1-2H2. The fourth-order valence-corrected chi connectivity index (χ4v) is 1.27. The molecule has 0 atom stereocenters. The zero-order valence-corrected chi connectivity index (χ0v) is 8.00. The van der Waals surface area contributed by atoms with Gasteiger partial charge in [-0.15, -0.1) is 0 Å². The lowest BCUT2D eigenvalue weighted by Gasteiger charge is -2.20. The Kier molecular flexibility index (Phi) is 2.29. The third-order valence-electron chi connectivity index (χ3n) is 1.96. The number of ether oxygens (including phenoxy) is 2. The van der Waals surface area contributed by atoms with Crippen LogP contribution in [0.2, 0.25) is 0 Å². The Labute approximate surface area is 86.9 Å². The molecule has 0 amide bonds. The Bertz CT molecular complexity index is 461. The maximum absolute atomic E-state index is 12.9. The van der Waals surface area contributed by atoms with Crippen molar-refractivity contribution in [2.45, 2.75) is 0 Å². The maximum Gasteiger partial charge on any atom is 0.173 e. The highest BCUT2D eigenvalue weighted by molar-refractivity contribution is 5.47. The van der Waals surface area contributed by atoms with Gasteiger partial charge in [-0.1, -0.05) is 13.2 Å². The van der Waals surface area contributed by atoms with Gasteiger partial charge in [0.15, 0.2) is 23.0 Å². The second kappa shape index (κ2) is 3.61. The molecule has 1 heterocycles. The molecule has 0 saturated carbocycles. The summed E-state index contributed by atoms with van der Waals surface area (Å²) in [5.41, 5.74) is 0. The highest BCUT2D eigenvalue weighted by Crippen LogP contribution is 2.35. The molecule has 2 rings (SSSR count). The Hall–Kier alpha value is -2.03. The number of rotatable bonds is 2. The summed E-state index contributed by atoms with van der Waals surface area (Å²) in [7, 11) is 0. The van der Waals surface area contributed by atoms with Crippen LogP contribution in [0.15, 0.2) is 55.0 Å². The molecule has 0 radical (unpaired) electrons. The van der Waals surface area contributed by atoms with Crippen molar-refractivity contribution in [3.05, 3.63) is 60.8 Å². The number of allylic oxidation sites excluding steroid dienone is 2. The molecular formula is C12H9FO2. The maximum atomic E-state index is 12.9. The van der Waals surface area contributed by atoms with Crippen molar-refractivity contribution in [3.63, 3.8) is 0 Å². The highest BCUT2D eigenvalue weighted by atomic mass is 19.1. The van der Waals surface area contributed by atoms with Crippen molar-refractivity contribution in [1.29, 1.82) is 0 Å². The van der Waals surface area contributed by atoms with Gasteiger partial charge in [0.05, 0.1) is 0 Å². The van der Waals surface area contributed by atoms with E-state index in [2.05, 4.69) is 13.2 Å². The van der Waals surface area contributed by atoms with Crippen molar-refractivity contribution >= 4 is 0 Å². The minimum atomic E-state index is -0.372. The van der Waals surface area contributed by atoms with Crippen LogP contribution in [0.4, 0.5) is 4.39 Å². The summed E-state index contributed by atoms with van der Waals surface area (Å²) >= 11 is 0. The SMILES string of the molecule is C=CC1=C(C=C)Oc2cc(F)ccc2O1. The highest BCUT2D eigenvalue weighted by Gasteiger charge is 2.18. The molecular weight excluding hydrogens is 195 g/mol. The number of hydrogen-bond donors (Lipinski definition) is 0. The number of benzene rings is 1. The van der Waals surface area contributed by atoms with Gasteiger partial charge in [-0.25, -0.2) is 4.39 Å². The molecule has 1 aromatic rings. The van der Waals surface area contributed by atoms with Crippen LogP contribution in [0.1, 0.15) is 0 Å². The number of halogens is 1. The van der Waals surface area contributed by atoms with Gasteiger partial charge < -0.3 is 9.47 Å². The average Bonchev–Trinajstić information content (AvgIpc) is 2.27. The van der Waals surface area contributed by atoms with Gasteiger partial charge in [0.2, 0.25) is 0 Å². The Morgan fingerprint density at radius 2 is 1.60 bits per heavy atom. The molecule has 3 heteroatoms. The molecule has 0 spiro atoms. The second-order valence-corrected chi connectivity index (χ2v) is 2.93. The van der Waals surface area contributed by atoms with E-state index in [1.807, 2.05) is 0 Å². The van der Waals surface area contributed by atoms with Crippen LogP contribution in [0.3, 0.4) is 0 Å². The second-order valence-electron chi connectivity index (χ2n) is 2.93. The largest absolute Gasteiger partial charge is 0.450 e. The summed E-state index contributed by atoms with van der Waals surface area (Å²) < 4.78 is 23.7. The van der Waals surface area contributed by atoms with Crippen LogP contribution in [0.25, 0.3) is 0 Å². The topological polar surface area (TPSA) is 18.5 Å². The number of hydrogen-bond acceptors (Lipinski definition) is 2. The van der Waals surface area contributed by atoms with E-state index in [4.69, 9.17) is 9.47 Å². The third kappa shape index (κ3) is 1.64. The first-order valence-corrected chi connectivity index (χ1v) is 4.39. The predicted octanol–water partition coefficient (Wildman–Crippen LogP) is 3.18. The van der Waals surface area contributed by atoms with E-state index in [1.54, 1.807) is 0 Å². The fraction of sp³-hybridized carbons (Fsp3) is 0. The normalized spacial score (nSPS) is 13.7. The van der Waals surface area contributed by atoms with Crippen LogP contribution in [-0.2, 0) is 0 Å². The van der Waals surface area contributed by atoms with Crippen molar-refractivity contribution in [2.24, 2.45) is 0 Å². The summed E-state index contributed by atoms with van der Waals surface area (Å²) in [5.74, 6) is 1.35. The molecule has 1 aliphatic heterocycles. The van der Waals surface area contributed by atoms with E-state index < -0.39 is 0 Å². The number of fused-ring (bicyclic) bond motifs is 1. The average molecular weight is 204 g/mol. The van der Waals surface area contributed by atoms with Gasteiger partial charge in [-0.2, -0.15) is 0 Å². The zero-order valence-electron chi connectivity index (χ0n) is 8.00. The molecule has 0 bridgehead atoms. The van der Waals surface area contributed by atoms with Gasteiger partial charge in [0, 0.05) is 6.07 Å². The Balaban J connectivity index is 2.46. The molecule has 0 aliphatic carbocycles. The Morgan fingerprint density at radius 1 is 1.00 bits per heavy atom. The van der Waals surface area contributed by atoms with Crippen LogP contribution < -0.4 is 9.47 Å². The summed E-state index contributed by atoms with van der Waals surface area (Å²) in [4.78, 5) is 0. The first kappa shape index (κ1) is 9.52. The van der Waals surface area contributed by atoms with Crippen molar-refractivity contribution in [3.8, 4) is 11.5 Å².